The number of amides is 1. The zero-order chi connectivity index (χ0) is 14.5. The summed E-state index contributed by atoms with van der Waals surface area (Å²) in [6.45, 7) is 7.05. The molecule has 4 N–H and O–H groups in total. The van der Waals surface area contributed by atoms with E-state index in [-0.39, 0.29) is 11.9 Å². The minimum absolute atomic E-state index is 0.0179. The molecule has 0 aliphatic rings. The molecule has 0 bridgehead atoms. The largest absolute Gasteiger partial charge is 0.372 e. The zero-order valence-electron chi connectivity index (χ0n) is 12.2. The molecule has 2 atom stereocenters. The van der Waals surface area contributed by atoms with Gasteiger partial charge in [0.2, 0.25) is 5.91 Å². The van der Waals surface area contributed by atoms with E-state index in [2.05, 4.69) is 35.0 Å². The van der Waals surface area contributed by atoms with Crippen molar-refractivity contribution in [1.82, 2.24) is 16.1 Å². The summed E-state index contributed by atoms with van der Waals surface area (Å²) in [5.41, 5.74) is 2.36. The fraction of sp³-hybridized carbons (Fsp3) is 0.769. The Morgan fingerprint density at radius 2 is 2.11 bits per heavy atom. The Kier molecular flexibility index (Phi) is 10.5. The van der Waals surface area contributed by atoms with Gasteiger partial charge in [0, 0.05) is 19.0 Å². The SMILES string of the molecule is CCCC(C)CCNC(=O)C[C@@H](C)NC=NNC=N. The molecule has 0 heterocycles. The normalized spacial score (nSPS) is 13.8. The van der Waals surface area contributed by atoms with Crippen molar-refractivity contribution in [1.29, 1.82) is 5.41 Å². The van der Waals surface area contributed by atoms with Crippen LogP contribution in [-0.2, 0) is 4.79 Å². The topological polar surface area (TPSA) is 89.4 Å². The molecule has 0 aliphatic carbocycles. The maximum atomic E-state index is 11.6. The summed E-state index contributed by atoms with van der Waals surface area (Å²) < 4.78 is 0. The van der Waals surface area contributed by atoms with Crippen LogP contribution < -0.4 is 16.1 Å². The smallest absolute Gasteiger partial charge is 0.222 e. The Labute approximate surface area is 115 Å². The molecule has 19 heavy (non-hydrogen) atoms. The standard InChI is InChI=1S/C13H27N5O/c1-4-5-11(2)6-7-15-13(19)8-12(3)16-10-18-17-9-14/h9-12H,4-8H2,1-3H3,(H2,14,17)(H,15,19)(H,16,18)/t11?,12-/m1/s1. The number of hydrogen-bond acceptors (Lipinski definition) is 3. The van der Waals surface area contributed by atoms with Crippen LogP contribution in [0.1, 0.15) is 46.5 Å². The average molecular weight is 269 g/mol. The van der Waals surface area contributed by atoms with E-state index >= 15 is 0 Å². The van der Waals surface area contributed by atoms with Gasteiger partial charge in [0.05, 0.1) is 6.34 Å². The van der Waals surface area contributed by atoms with E-state index in [0.717, 1.165) is 19.3 Å². The molecule has 1 amide bonds. The van der Waals surface area contributed by atoms with Crippen molar-refractivity contribution < 1.29 is 4.79 Å². The number of carbonyl (C=O) groups is 1. The summed E-state index contributed by atoms with van der Waals surface area (Å²) in [6.07, 6.45) is 6.29. The number of hydrogen-bond donors (Lipinski definition) is 4. The number of hydrazone groups is 1. The van der Waals surface area contributed by atoms with Gasteiger partial charge in [-0.05, 0) is 19.3 Å². The number of nitrogens with one attached hydrogen (secondary N) is 4. The van der Waals surface area contributed by atoms with Gasteiger partial charge in [-0.1, -0.05) is 26.7 Å². The lowest BCUT2D eigenvalue weighted by Gasteiger charge is -2.13. The van der Waals surface area contributed by atoms with E-state index in [1.807, 2.05) is 6.92 Å². The first kappa shape index (κ1) is 17.4. The summed E-state index contributed by atoms with van der Waals surface area (Å²) in [5.74, 6) is 0.720. The number of rotatable bonds is 11. The van der Waals surface area contributed by atoms with Gasteiger partial charge in [-0.3, -0.25) is 15.6 Å². The molecule has 0 saturated carbocycles. The molecule has 0 spiro atoms. The van der Waals surface area contributed by atoms with Crippen LogP contribution in [0.15, 0.2) is 5.10 Å². The van der Waals surface area contributed by atoms with Gasteiger partial charge in [0.15, 0.2) is 0 Å². The third kappa shape index (κ3) is 11.2. The number of carbonyl (C=O) groups excluding carboxylic acids is 1. The van der Waals surface area contributed by atoms with Crippen LogP contribution in [-0.4, -0.2) is 31.2 Å². The number of nitrogens with zero attached hydrogens (tertiary/aromatic N) is 1. The lowest BCUT2D eigenvalue weighted by Crippen LogP contribution is -2.34. The molecule has 0 rings (SSSR count). The molecule has 0 aliphatic heterocycles. The molecular weight excluding hydrogens is 242 g/mol. The molecule has 0 saturated heterocycles. The maximum absolute atomic E-state index is 11.6. The minimum Gasteiger partial charge on any atom is -0.372 e. The molecular formula is C13H27N5O. The molecule has 0 fully saturated rings. The van der Waals surface area contributed by atoms with Gasteiger partial charge >= 0.3 is 0 Å². The molecule has 0 aromatic carbocycles. The van der Waals surface area contributed by atoms with Crippen molar-refractivity contribution in [3.8, 4) is 0 Å². The van der Waals surface area contributed by atoms with Crippen molar-refractivity contribution in [2.45, 2.75) is 52.5 Å². The van der Waals surface area contributed by atoms with E-state index in [1.54, 1.807) is 0 Å². The van der Waals surface area contributed by atoms with Crippen LogP contribution in [0.3, 0.4) is 0 Å². The van der Waals surface area contributed by atoms with Gasteiger partial charge < -0.3 is 10.6 Å². The van der Waals surface area contributed by atoms with Gasteiger partial charge in [0.25, 0.3) is 0 Å². The second-order valence-corrected chi connectivity index (χ2v) is 4.84. The minimum atomic E-state index is 0.0179. The van der Waals surface area contributed by atoms with Gasteiger partial charge in [-0.15, -0.1) is 0 Å². The van der Waals surface area contributed by atoms with Crippen molar-refractivity contribution in [2.75, 3.05) is 6.54 Å². The van der Waals surface area contributed by atoms with Crippen LogP contribution in [0, 0.1) is 11.3 Å². The highest BCUT2D eigenvalue weighted by Gasteiger charge is 2.07. The van der Waals surface area contributed by atoms with Gasteiger partial charge in [0.1, 0.15) is 6.34 Å². The first-order valence-corrected chi connectivity index (χ1v) is 6.88. The van der Waals surface area contributed by atoms with E-state index in [1.165, 1.54) is 19.2 Å². The van der Waals surface area contributed by atoms with Crippen LogP contribution in [0.2, 0.25) is 0 Å². The fourth-order valence-electron chi connectivity index (χ4n) is 1.74. The molecule has 6 heteroatoms. The van der Waals surface area contributed by atoms with Crippen molar-refractivity contribution in [3.63, 3.8) is 0 Å². The van der Waals surface area contributed by atoms with Crippen LogP contribution >= 0.6 is 0 Å². The van der Waals surface area contributed by atoms with E-state index in [4.69, 9.17) is 5.41 Å². The molecule has 0 aromatic rings. The van der Waals surface area contributed by atoms with Crippen molar-refractivity contribution >= 4 is 18.6 Å². The molecule has 1 unspecified atom stereocenters. The summed E-state index contributed by atoms with van der Waals surface area (Å²) in [5, 5.41) is 16.3. The highest BCUT2D eigenvalue weighted by molar-refractivity contribution is 5.76. The van der Waals surface area contributed by atoms with Crippen LogP contribution in [0.4, 0.5) is 0 Å². The molecule has 110 valence electrons. The molecule has 0 radical (unpaired) electrons. The van der Waals surface area contributed by atoms with E-state index in [0.29, 0.717) is 12.3 Å². The zero-order valence-corrected chi connectivity index (χ0v) is 12.2. The van der Waals surface area contributed by atoms with Gasteiger partial charge in [-0.2, -0.15) is 5.10 Å². The van der Waals surface area contributed by atoms with Crippen molar-refractivity contribution in [2.24, 2.45) is 11.0 Å². The quantitative estimate of drug-likeness (QED) is 0.260. The Morgan fingerprint density at radius 3 is 2.74 bits per heavy atom. The van der Waals surface area contributed by atoms with Crippen molar-refractivity contribution in [3.05, 3.63) is 0 Å². The predicted molar refractivity (Wildman–Crippen MR) is 79.3 cm³/mol. The second kappa shape index (κ2) is 11.5. The highest BCUT2D eigenvalue weighted by atomic mass is 16.1. The third-order valence-electron chi connectivity index (χ3n) is 2.80. The summed E-state index contributed by atoms with van der Waals surface area (Å²) >= 11 is 0. The fourth-order valence-corrected chi connectivity index (χ4v) is 1.74. The van der Waals surface area contributed by atoms with Crippen LogP contribution in [0.25, 0.3) is 0 Å². The Bertz CT molecular complexity index is 280. The Hall–Kier alpha value is -1.59. The van der Waals surface area contributed by atoms with Gasteiger partial charge in [-0.25, -0.2) is 0 Å². The first-order valence-electron chi connectivity index (χ1n) is 6.88. The summed E-state index contributed by atoms with van der Waals surface area (Å²) in [7, 11) is 0. The average Bonchev–Trinajstić information content (AvgIpc) is 2.35. The first-order chi connectivity index (χ1) is 9.10. The second-order valence-electron chi connectivity index (χ2n) is 4.84. The summed E-state index contributed by atoms with van der Waals surface area (Å²) in [6, 6.07) is 0.0179. The lowest BCUT2D eigenvalue weighted by atomic mass is 10.0. The van der Waals surface area contributed by atoms with E-state index < -0.39 is 0 Å². The van der Waals surface area contributed by atoms with E-state index in [9.17, 15) is 4.79 Å². The third-order valence-corrected chi connectivity index (χ3v) is 2.80. The monoisotopic (exact) mass is 269 g/mol. The molecule has 0 aromatic heterocycles. The maximum Gasteiger partial charge on any atom is 0.222 e. The Balaban J connectivity index is 3.64. The Morgan fingerprint density at radius 1 is 1.37 bits per heavy atom. The highest BCUT2D eigenvalue weighted by Crippen LogP contribution is 2.08. The molecule has 6 nitrogen and oxygen atoms in total. The lowest BCUT2D eigenvalue weighted by molar-refractivity contribution is -0.121. The predicted octanol–water partition coefficient (Wildman–Crippen LogP) is 1.44. The summed E-state index contributed by atoms with van der Waals surface area (Å²) in [4.78, 5) is 11.6. The van der Waals surface area contributed by atoms with Crippen LogP contribution in [0.5, 0.6) is 0 Å².